The Kier molecular flexibility index (Phi) is 5.58. The number of carbonyl (C=O) groups is 2. The second kappa shape index (κ2) is 6.32. The van der Waals surface area contributed by atoms with Gasteiger partial charge in [-0.25, -0.2) is 4.79 Å². The van der Waals surface area contributed by atoms with Crippen molar-refractivity contribution in [3.05, 3.63) is 12.2 Å². The fourth-order valence-corrected chi connectivity index (χ4v) is 0.389. The maximum Gasteiger partial charge on any atom is 0.328 e. The summed E-state index contributed by atoms with van der Waals surface area (Å²) in [6.45, 7) is -0.0273. The number of primary amides is 1. The molecule has 0 bridgehead atoms. The molecule has 0 rings (SSSR count). The highest BCUT2D eigenvalue weighted by Gasteiger charge is 1.91. The molecule has 0 aliphatic carbocycles. The van der Waals surface area contributed by atoms with Gasteiger partial charge < -0.3 is 10.8 Å². The van der Waals surface area contributed by atoms with Crippen LogP contribution in [-0.4, -0.2) is 30.1 Å². The number of hydrogen-bond acceptors (Lipinski definition) is 4. The average molecular weight is 174 g/mol. The van der Waals surface area contributed by atoms with E-state index in [1.165, 1.54) is 6.08 Å². The summed E-state index contributed by atoms with van der Waals surface area (Å²) in [5.74, 6) is -1.63. The van der Waals surface area contributed by atoms with Crippen LogP contribution in [0.3, 0.4) is 0 Å². The number of hydrogen-bond donors (Lipinski definition) is 3. The third-order valence-electron chi connectivity index (χ3n) is 0.778. The molecule has 68 valence electrons. The van der Waals surface area contributed by atoms with Gasteiger partial charge in [-0.2, -0.15) is 5.48 Å². The van der Waals surface area contributed by atoms with Crippen molar-refractivity contribution >= 4 is 11.9 Å². The highest BCUT2D eigenvalue weighted by molar-refractivity contribution is 5.79. The Morgan fingerprint density at radius 2 is 2.25 bits per heavy atom. The molecule has 6 heteroatoms. The van der Waals surface area contributed by atoms with E-state index in [9.17, 15) is 9.59 Å². The van der Waals surface area contributed by atoms with Gasteiger partial charge >= 0.3 is 5.97 Å². The van der Waals surface area contributed by atoms with Gasteiger partial charge in [-0.1, -0.05) is 6.08 Å². The zero-order valence-electron chi connectivity index (χ0n) is 6.32. The van der Waals surface area contributed by atoms with Gasteiger partial charge in [0, 0.05) is 12.6 Å². The minimum absolute atomic E-state index is 0.208. The first-order valence-electron chi connectivity index (χ1n) is 3.15. The molecule has 0 aromatic heterocycles. The van der Waals surface area contributed by atoms with E-state index in [4.69, 9.17) is 10.8 Å². The second-order valence-electron chi connectivity index (χ2n) is 1.84. The van der Waals surface area contributed by atoms with Crippen LogP contribution in [0, 0.1) is 0 Å². The fraction of sp³-hybridized carbons (Fsp3) is 0.333. The van der Waals surface area contributed by atoms with Gasteiger partial charge in [-0.15, -0.1) is 0 Å². The lowest BCUT2D eigenvalue weighted by Gasteiger charge is -1.98. The van der Waals surface area contributed by atoms with Crippen molar-refractivity contribution in [2.45, 2.75) is 0 Å². The van der Waals surface area contributed by atoms with Crippen LogP contribution in [0.25, 0.3) is 0 Å². The van der Waals surface area contributed by atoms with Crippen LogP contribution in [0.4, 0.5) is 0 Å². The number of hydroxylamine groups is 1. The molecule has 0 saturated carbocycles. The van der Waals surface area contributed by atoms with E-state index >= 15 is 0 Å². The van der Waals surface area contributed by atoms with E-state index < -0.39 is 11.9 Å². The van der Waals surface area contributed by atoms with Gasteiger partial charge in [-0.05, 0) is 0 Å². The Bertz CT molecular complexity index is 190. The molecule has 0 aliphatic heterocycles. The number of aliphatic carboxylic acids is 1. The summed E-state index contributed by atoms with van der Waals surface area (Å²) in [6.07, 6.45) is 2.30. The molecule has 0 aromatic carbocycles. The summed E-state index contributed by atoms with van der Waals surface area (Å²) in [6, 6.07) is 0. The first-order chi connectivity index (χ1) is 5.63. The minimum atomic E-state index is -1.04. The average Bonchev–Trinajstić information content (AvgIpc) is 1.95. The van der Waals surface area contributed by atoms with Crippen molar-refractivity contribution in [2.24, 2.45) is 5.73 Å². The molecule has 0 radical (unpaired) electrons. The predicted molar refractivity (Wildman–Crippen MR) is 39.9 cm³/mol. The number of nitrogens with one attached hydrogen (secondary N) is 1. The largest absolute Gasteiger partial charge is 0.478 e. The van der Waals surface area contributed by atoms with Crippen molar-refractivity contribution in [2.75, 3.05) is 13.2 Å². The molecular formula is C6H10N2O4. The van der Waals surface area contributed by atoms with E-state index in [-0.39, 0.29) is 13.2 Å². The topological polar surface area (TPSA) is 102 Å². The molecule has 1 amide bonds. The van der Waals surface area contributed by atoms with Crippen LogP contribution in [-0.2, 0) is 14.4 Å². The standard InChI is InChI=1S/C6H10N2O4/c7-5(9)4-12-8-3-1-2-6(10)11/h1-2,8H,3-4H2,(H2,7,9)(H,10,11)/b2-1+. The molecule has 0 aliphatic rings. The molecule has 0 unspecified atom stereocenters. The Balaban J connectivity index is 3.21. The summed E-state index contributed by atoms with van der Waals surface area (Å²) in [4.78, 5) is 24.5. The highest BCUT2D eigenvalue weighted by atomic mass is 16.6. The van der Waals surface area contributed by atoms with Crippen molar-refractivity contribution in [1.29, 1.82) is 0 Å². The smallest absolute Gasteiger partial charge is 0.328 e. The van der Waals surface area contributed by atoms with Gasteiger partial charge in [0.15, 0.2) is 0 Å². The summed E-state index contributed by atoms with van der Waals surface area (Å²) in [5.41, 5.74) is 7.06. The molecule has 0 saturated heterocycles. The first-order valence-corrected chi connectivity index (χ1v) is 3.15. The van der Waals surface area contributed by atoms with E-state index in [0.29, 0.717) is 0 Å². The lowest BCUT2D eigenvalue weighted by Crippen LogP contribution is -2.24. The minimum Gasteiger partial charge on any atom is -0.478 e. The maximum atomic E-state index is 10.1. The molecule has 0 aromatic rings. The second-order valence-corrected chi connectivity index (χ2v) is 1.84. The summed E-state index contributed by atoms with van der Waals surface area (Å²) < 4.78 is 0. The number of nitrogens with two attached hydrogens (primary N) is 1. The van der Waals surface area contributed by atoms with Gasteiger partial charge in [0.05, 0.1) is 0 Å². The zero-order valence-corrected chi connectivity index (χ0v) is 6.32. The molecule has 4 N–H and O–H groups in total. The molecule has 0 spiro atoms. The van der Waals surface area contributed by atoms with Gasteiger partial charge in [0.25, 0.3) is 0 Å². The van der Waals surface area contributed by atoms with Gasteiger partial charge in [0.1, 0.15) is 6.61 Å². The van der Waals surface area contributed by atoms with Crippen molar-refractivity contribution in [3.63, 3.8) is 0 Å². The van der Waals surface area contributed by atoms with Crippen molar-refractivity contribution in [3.8, 4) is 0 Å². The first kappa shape index (κ1) is 10.6. The SMILES string of the molecule is NC(=O)CONC/C=C/C(=O)O. The predicted octanol–water partition coefficient (Wildman–Crippen LogP) is -1.37. The third-order valence-corrected chi connectivity index (χ3v) is 0.778. The number of carboxylic acids is 1. The summed E-state index contributed by atoms with van der Waals surface area (Å²) in [5, 5.41) is 8.13. The quantitative estimate of drug-likeness (QED) is 0.262. The Morgan fingerprint density at radius 3 is 2.75 bits per heavy atom. The number of carbonyl (C=O) groups excluding carboxylic acids is 1. The number of carboxylic acid groups (broad SMARTS) is 1. The molecule has 6 nitrogen and oxygen atoms in total. The molecule has 0 fully saturated rings. The van der Waals surface area contributed by atoms with Crippen LogP contribution in [0.2, 0.25) is 0 Å². The third kappa shape index (κ3) is 8.60. The summed E-state index contributed by atoms with van der Waals surface area (Å²) in [7, 11) is 0. The molecule has 0 atom stereocenters. The Labute approximate surface area is 68.9 Å². The molecular weight excluding hydrogens is 164 g/mol. The van der Waals surface area contributed by atoms with Crippen molar-refractivity contribution < 1.29 is 19.5 Å². The maximum absolute atomic E-state index is 10.1. The Hall–Kier alpha value is -1.40. The van der Waals surface area contributed by atoms with Crippen LogP contribution in [0.1, 0.15) is 0 Å². The summed E-state index contributed by atoms with van der Waals surface area (Å²) >= 11 is 0. The van der Waals surface area contributed by atoms with E-state index in [2.05, 4.69) is 10.3 Å². The van der Waals surface area contributed by atoms with Crippen LogP contribution < -0.4 is 11.2 Å². The number of rotatable bonds is 6. The van der Waals surface area contributed by atoms with Crippen LogP contribution >= 0.6 is 0 Å². The van der Waals surface area contributed by atoms with E-state index in [0.717, 1.165) is 6.08 Å². The normalized spacial score (nSPS) is 10.3. The van der Waals surface area contributed by atoms with Gasteiger partial charge in [0.2, 0.25) is 5.91 Å². The van der Waals surface area contributed by atoms with Crippen molar-refractivity contribution in [1.82, 2.24) is 5.48 Å². The number of amides is 1. The monoisotopic (exact) mass is 174 g/mol. The fourth-order valence-electron chi connectivity index (χ4n) is 0.389. The van der Waals surface area contributed by atoms with Crippen LogP contribution in [0.5, 0.6) is 0 Å². The van der Waals surface area contributed by atoms with Gasteiger partial charge in [-0.3, -0.25) is 9.63 Å². The molecule has 12 heavy (non-hydrogen) atoms. The van der Waals surface area contributed by atoms with E-state index in [1.807, 2.05) is 0 Å². The highest BCUT2D eigenvalue weighted by Crippen LogP contribution is 1.71. The molecule has 0 heterocycles. The Morgan fingerprint density at radius 1 is 1.58 bits per heavy atom. The van der Waals surface area contributed by atoms with Crippen LogP contribution in [0.15, 0.2) is 12.2 Å². The van der Waals surface area contributed by atoms with E-state index in [1.54, 1.807) is 0 Å². The lowest BCUT2D eigenvalue weighted by atomic mass is 10.5. The lowest BCUT2D eigenvalue weighted by molar-refractivity contribution is -0.131. The zero-order chi connectivity index (χ0) is 9.40.